The van der Waals surface area contributed by atoms with Gasteiger partial charge in [0.05, 0.1) is 5.56 Å². The Kier molecular flexibility index (Phi) is 4.59. The van der Waals surface area contributed by atoms with Crippen molar-refractivity contribution in [2.45, 2.75) is 32.0 Å². The summed E-state index contributed by atoms with van der Waals surface area (Å²) in [4.78, 5) is 0. The minimum Gasteiger partial charge on any atom is -0.324 e. The average Bonchev–Trinajstić information content (AvgIpc) is 2.28. The lowest BCUT2D eigenvalue weighted by molar-refractivity contribution is -0.138. The second kappa shape index (κ2) is 5.74. The van der Waals surface area contributed by atoms with Gasteiger partial charge in [0.25, 0.3) is 0 Å². The first-order valence-corrected chi connectivity index (χ1v) is 5.28. The van der Waals surface area contributed by atoms with E-state index in [0.717, 1.165) is 6.07 Å². The molecule has 0 spiro atoms. The third-order valence-corrected chi connectivity index (χ3v) is 2.42. The van der Waals surface area contributed by atoms with Gasteiger partial charge in [-0.1, -0.05) is 18.2 Å². The molecule has 0 heterocycles. The predicted molar refractivity (Wildman–Crippen MR) is 61.1 cm³/mol. The zero-order valence-corrected chi connectivity index (χ0v) is 9.51. The molecule has 4 heteroatoms. The van der Waals surface area contributed by atoms with E-state index in [9.17, 15) is 13.2 Å². The molecule has 0 aliphatic rings. The van der Waals surface area contributed by atoms with Crippen molar-refractivity contribution in [2.24, 2.45) is 5.73 Å². The Morgan fingerprint density at radius 2 is 1.94 bits per heavy atom. The minimum atomic E-state index is -4.36. The van der Waals surface area contributed by atoms with E-state index in [1.165, 1.54) is 12.1 Å². The average molecular weight is 241 g/mol. The second-order valence-corrected chi connectivity index (χ2v) is 3.66. The first kappa shape index (κ1) is 13.6. The maximum absolute atomic E-state index is 12.7. The van der Waals surface area contributed by atoms with Crippen LogP contribution in [0, 0.1) is 11.8 Å². The molecule has 0 aromatic heterocycles. The van der Waals surface area contributed by atoms with Gasteiger partial charge in [-0.15, -0.1) is 11.8 Å². The first-order valence-electron chi connectivity index (χ1n) is 5.28. The number of alkyl halides is 3. The van der Waals surface area contributed by atoms with E-state index < -0.39 is 17.8 Å². The predicted octanol–water partition coefficient (Wildman–Crippen LogP) is 3.51. The molecule has 0 amide bonds. The maximum Gasteiger partial charge on any atom is 0.416 e. The Balaban J connectivity index is 2.92. The summed E-state index contributed by atoms with van der Waals surface area (Å²) < 4.78 is 38.1. The molecular formula is C13H14F3N. The summed E-state index contributed by atoms with van der Waals surface area (Å²) >= 11 is 0. The van der Waals surface area contributed by atoms with Crippen molar-refractivity contribution in [3.05, 3.63) is 35.4 Å². The van der Waals surface area contributed by atoms with Crippen LogP contribution in [0.1, 0.15) is 36.9 Å². The van der Waals surface area contributed by atoms with Gasteiger partial charge >= 0.3 is 6.18 Å². The van der Waals surface area contributed by atoms with E-state index in [2.05, 4.69) is 11.8 Å². The fourth-order valence-electron chi connectivity index (χ4n) is 1.59. The van der Waals surface area contributed by atoms with Crippen molar-refractivity contribution < 1.29 is 13.2 Å². The van der Waals surface area contributed by atoms with Crippen LogP contribution in [0.3, 0.4) is 0 Å². The van der Waals surface area contributed by atoms with Crippen molar-refractivity contribution in [1.82, 2.24) is 0 Å². The lowest BCUT2D eigenvalue weighted by Gasteiger charge is -2.17. The molecule has 2 N–H and O–H groups in total. The highest BCUT2D eigenvalue weighted by atomic mass is 19.4. The summed E-state index contributed by atoms with van der Waals surface area (Å²) in [6, 6.07) is 4.78. The van der Waals surface area contributed by atoms with Gasteiger partial charge in [0.1, 0.15) is 0 Å². The van der Waals surface area contributed by atoms with Crippen LogP contribution in [-0.2, 0) is 6.18 Å². The van der Waals surface area contributed by atoms with Gasteiger partial charge in [-0.2, -0.15) is 13.2 Å². The minimum absolute atomic E-state index is 0.137. The van der Waals surface area contributed by atoms with Crippen LogP contribution < -0.4 is 5.73 Å². The molecule has 1 aromatic carbocycles. The van der Waals surface area contributed by atoms with Crippen molar-refractivity contribution >= 4 is 0 Å². The van der Waals surface area contributed by atoms with E-state index >= 15 is 0 Å². The van der Waals surface area contributed by atoms with E-state index in [1.807, 2.05) is 0 Å². The summed E-state index contributed by atoms with van der Waals surface area (Å²) in [5, 5.41) is 0. The van der Waals surface area contributed by atoms with Crippen LogP contribution in [0.5, 0.6) is 0 Å². The summed E-state index contributed by atoms with van der Waals surface area (Å²) in [6.07, 6.45) is -3.43. The van der Waals surface area contributed by atoms with Crippen LogP contribution >= 0.6 is 0 Å². The number of rotatable bonds is 3. The molecular weight excluding hydrogens is 227 g/mol. The molecule has 1 unspecified atom stereocenters. The van der Waals surface area contributed by atoms with Gasteiger partial charge in [0, 0.05) is 12.5 Å². The molecule has 0 saturated carbocycles. The highest BCUT2D eigenvalue weighted by molar-refractivity contribution is 5.32. The van der Waals surface area contributed by atoms with Gasteiger partial charge in [-0.3, -0.25) is 0 Å². The highest BCUT2D eigenvalue weighted by Gasteiger charge is 2.34. The Morgan fingerprint density at radius 1 is 1.29 bits per heavy atom. The van der Waals surface area contributed by atoms with Gasteiger partial charge in [0.15, 0.2) is 0 Å². The number of nitrogens with two attached hydrogens (primary N) is 1. The smallest absolute Gasteiger partial charge is 0.324 e. The van der Waals surface area contributed by atoms with E-state index in [1.54, 1.807) is 13.0 Å². The van der Waals surface area contributed by atoms with Gasteiger partial charge in [-0.25, -0.2) is 0 Å². The molecule has 0 radical (unpaired) electrons. The third-order valence-electron chi connectivity index (χ3n) is 2.42. The highest BCUT2D eigenvalue weighted by Crippen LogP contribution is 2.34. The Bertz CT molecular complexity index is 426. The van der Waals surface area contributed by atoms with Crippen molar-refractivity contribution in [2.75, 3.05) is 0 Å². The van der Waals surface area contributed by atoms with Crippen LogP contribution in [-0.4, -0.2) is 0 Å². The number of halogens is 3. The molecule has 0 fully saturated rings. The molecule has 0 saturated heterocycles. The SMILES string of the molecule is CC#CCCC(N)c1ccccc1C(F)(F)F. The molecule has 92 valence electrons. The zero-order chi connectivity index (χ0) is 12.9. The topological polar surface area (TPSA) is 26.0 Å². The summed E-state index contributed by atoms with van der Waals surface area (Å²) in [5.41, 5.74) is 5.25. The van der Waals surface area contributed by atoms with Crippen LogP contribution in [0.25, 0.3) is 0 Å². The Hall–Kier alpha value is -1.47. The first-order chi connectivity index (χ1) is 7.96. The quantitative estimate of drug-likeness (QED) is 0.805. The Labute approximate surface area is 98.8 Å². The zero-order valence-electron chi connectivity index (χ0n) is 9.51. The molecule has 0 aliphatic carbocycles. The molecule has 1 aromatic rings. The van der Waals surface area contributed by atoms with E-state index in [4.69, 9.17) is 5.73 Å². The second-order valence-electron chi connectivity index (χ2n) is 3.66. The summed E-state index contributed by atoms with van der Waals surface area (Å²) in [5.74, 6) is 5.49. The standard InChI is InChI=1S/C13H14F3N/c1-2-3-4-9-12(17)10-7-5-6-8-11(10)13(14,15)16/h5-8,12H,4,9,17H2,1H3. The lowest BCUT2D eigenvalue weighted by Crippen LogP contribution is -2.17. The lowest BCUT2D eigenvalue weighted by atomic mass is 9.97. The Morgan fingerprint density at radius 3 is 2.53 bits per heavy atom. The van der Waals surface area contributed by atoms with Gasteiger partial charge in [-0.05, 0) is 25.0 Å². The molecule has 1 atom stereocenters. The molecule has 1 nitrogen and oxygen atoms in total. The van der Waals surface area contributed by atoms with Crippen LogP contribution in [0.15, 0.2) is 24.3 Å². The van der Waals surface area contributed by atoms with E-state index in [-0.39, 0.29) is 5.56 Å². The number of hydrogen-bond donors (Lipinski definition) is 1. The van der Waals surface area contributed by atoms with Crippen molar-refractivity contribution in [3.8, 4) is 11.8 Å². The molecule has 17 heavy (non-hydrogen) atoms. The van der Waals surface area contributed by atoms with E-state index in [0.29, 0.717) is 12.8 Å². The van der Waals surface area contributed by atoms with Gasteiger partial charge in [0.2, 0.25) is 0 Å². The van der Waals surface area contributed by atoms with Crippen molar-refractivity contribution in [1.29, 1.82) is 0 Å². The van der Waals surface area contributed by atoms with Gasteiger partial charge < -0.3 is 5.73 Å². The monoisotopic (exact) mass is 241 g/mol. The molecule has 1 rings (SSSR count). The fraction of sp³-hybridized carbons (Fsp3) is 0.385. The molecule has 0 aliphatic heterocycles. The van der Waals surface area contributed by atoms with Crippen LogP contribution in [0.4, 0.5) is 13.2 Å². The van der Waals surface area contributed by atoms with Crippen molar-refractivity contribution in [3.63, 3.8) is 0 Å². The number of benzene rings is 1. The third kappa shape index (κ3) is 3.79. The number of hydrogen-bond acceptors (Lipinski definition) is 1. The summed E-state index contributed by atoms with van der Waals surface area (Å²) in [6.45, 7) is 1.69. The van der Waals surface area contributed by atoms with Crippen LogP contribution in [0.2, 0.25) is 0 Å². The normalized spacial score (nSPS) is 12.8. The maximum atomic E-state index is 12.7. The fourth-order valence-corrected chi connectivity index (χ4v) is 1.59. The largest absolute Gasteiger partial charge is 0.416 e. The molecule has 0 bridgehead atoms. The summed E-state index contributed by atoms with van der Waals surface area (Å²) in [7, 11) is 0.